The zero-order valence-electron chi connectivity index (χ0n) is 14.5. The molecule has 1 aliphatic heterocycles. The van der Waals surface area contributed by atoms with Gasteiger partial charge in [0.25, 0.3) is 0 Å². The highest BCUT2D eigenvalue weighted by molar-refractivity contribution is 5.87. The fourth-order valence-corrected chi connectivity index (χ4v) is 3.40. The van der Waals surface area contributed by atoms with Crippen molar-refractivity contribution >= 4 is 16.9 Å². The van der Waals surface area contributed by atoms with E-state index < -0.39 is 5.63 Å². The molecule has 0 saturated carbocycles. The van der Waals surface area contributed by atoms with Crippen LogP contribution in [0, 0.1) is 13.8 Å². The van der Waals surface area contributed by atoms with Crippen LogP contribution in [0.1, 0.15) is 36.0 Å². The fraction of sp³-hybridized carbons (Fsp3) is 0.474. The minimum atomic E-state index is -0.429. The first-order valence-corrected chi connectivity index (χ1v) is 8.40. The summed E-state index contributed by atoms with van der Waals surface area (Å²) in [4.78, 5) is 26.8. The lowest BCUT2D eigenvalue weighted by atomic mass is 10.0. The van der Waals surface area contributed by atoms with E-state index in [0.29, 0.717) is 16.9 Å². The number of likely N-dealkylation sites (tertiary alicyclic amines) is 1. The van der Waals surface area contributed by atoms with Crippen LogP contribution in [0.3, 0.4) is 0 Å². The Bertz CT molecular complexity index is 831. The number of amides is 1. The molecule has 2 aromatic rings. The van der Waals surface area contributed by atoms with Crippen LogP contribution in [0.2, 0.25) is 0 Å². The highest BCUT2D eigenvalue weighted by atomic mass is 16.5. The lowest BCUT2D eigenvalue weighted by Gasteiger charge is -2.26. The van der Waals surface area contributed by atoms with Crippen LogP contribution in [0.25, 0.3) is 11.0 Å². The highest BCUT2D eigenvalue weighted by Crippen LogP contribution is 2.29. The first kappa shape index (κ1) is 16.6. The Labute approximate surface area is 141 Å². The Hall–Kier alpha value is -2.30. The zero-order valence-corrected chi connectivity index (χ0v) is 14.5. The molecule has 5 nitrogen and oxygen atoms in total. The van der Waals surface area contributed by atoms with Crippen LogP contribution in [0.5, 0.6) is 5.75 Å². The number of carbonyl (C=O) groups is 1. The summed E-state index contributed by atoms with van der Waals surface area (Å²) in [7, 11) is 1.59. The van der Waals surface area contributed by atoms with Gasteiger partial charge in [0.15, 0.2) is 0 Å². The third-order valence-corrected chi connectivity index (χ3v) is 4.91. The predicted molar refractivity (Wildman–Crippen MR) is 92.6 cm³/mol. The summed E-state index contributed by atoms with van der Waals surface area (Å²) in [6, 6.07) is 3.75. The van der Waals surface area contributed by atoms with Gasteiger partial charge in [-0.3, -0.25) is 4.79 Å². The van der Waals surface area contributed by atoms with E-state index in [1.807, 2.05) is 30.9 Å². The molecule has 24 heavy (non-hydrogen) atoms. The van der Waals surface area contributed by atoms with Crippen LogP contribution >= 0.6 is 0 Å². The van der Waals surface area contributed by atoms with E-state index >= 15 is 0 Å². The number of aryl methyl sites for hydroxylation is 2. The number of hydrogen-bond donors (Lipinski definition) is 0. The van der Waals surface area contributed by atoms with Crippen LogP contribution in [0.4, 0.5) is 0 Å². The molecule has 1 fully saturated rings. The summed E-state index contributed by atoms with van der Waals surface area (Å²) in [6.07, 6.45) is 3.35. The molecular weight excluding hydrogens is 306 g/mol. The van der Waals surface area contributed by atoms with Gasteiger partial charge in [-0.2, -0.15) is 0 Å². The molecule has 5 heteroatoms. The van der Waals surface area contributed by atoms with E-state index in [-0.39, 0.29) is 12.3 Å². The molecule has 1 saturated heterocycles. The second-order valence-corrected chi connectivity index (χ2v) is 6.38. The minimum absolute atomic E-state index is 0.00897. The maximum atomic E-state index is 12.5. The lowest BCUT2D eigenvalue weighted by Crippen LogP contribution is -2.37. The van der Waals surface area contributed by atoms with Crippen molar-refractivity contribution in [1.82, 2.24) is 4.90 Å². The van der Waals surface area contributed by atoms with Gasteiger partial charge in [-0.15, -0.1) is 0 Å². The van der Waals surface area contributed by atoms with Crippen LogP contribution < -0.4 is 10.4 Å². The van der Waals surface area contributed by atoms with Gasteiger partial charge in [0.2, 0.25) is 5.91 Å². The number of hydrogen-bond acceptors (Lipinski definition) is 4. The number of fused-ring (bicyclic) bond motifs is 1. The second kappa shape index (κ2) is 6.67. The van der Waals surface area contributed by atoms with Crippen molar-refractivity contribution in [2.45, 2.75) is 39.5 Å². The van der Waals surface area contributed by atoms with Crippen LogP contribution in [0.15, 0.2) is 21.3 Å². The third kappa shape index (κ3) is 2.90. The maximum Gasteiger partial charge on any atom is 0.340 e. The van der Waals surface area contributed by atoms with Crippen molar-refractivity contribution in [2.24, 2.45) is 0 Å². The monoisotopic (exact) mass is 329 g/mol. The molecular formula is C19H23NO4. The number of benzene rings is 1. The largest absolute Gasteiger partial charge is 0.496 e. The summed E-state index contributed by atoms with van der Waals surface area (Å²) in [5.41, 5.74) is 2.18. The van der Waals surface area contributed by atoms with E-state index in [1.54, 1.807) is 7.11 Å². The first-order chi connectivity index (χ1) is 11.5. The Morgan fingerprint density at radius 3 is 2.54 bits per heavy atom. The lowest BCUT2D eigenvalue weighted by molar-refractivity contribution is -0.131. The molecule has 0 N–H and O–H groups in total. The molecule has 1 aliphatic rings. The summed E-state index contributed by atoms with van der Waals surface area (Å²) >= 11 is 0. The summed E-state index contributed by atoms with van der Waals surface area (Å²) in [5.74, 6) is 0.692. The van der Waals surface area contributed by atoms with Gasteiger partial charge >= 0.3 is 5.63 Å². The zero-order chi connectivity index (χ0) is 17.3. The molecule has 1 amide bonds. The van der Waals surface area contributed by atoms with E-state index in [0.717, 1.165) is 42.4 Å². The summed E-state index contributed by atoms with van der Waals surface area (Å²) in [6.45, 7) is 5.31. The first-order valence-electron chi connectivity index (χ1n) is 8.40. The molecule has 0 aliphatic carbocycles. The quantitative estimate of drug-likeness (QED) is 0.812. The molecule has 0 spiro atoms. The molecule has 128 valence electrons. The van der Waals surface area contributed by atoms with Crippen molar-refractivity contribution in [3.8, 4) is 5.75 Å². The smallest absolute Gasteiger partial charge is 0.340 e. The minimum Gasteiger partial charge on any atom is -0.496 e. The van der Waals surface area contributed by atoms with Gasteiger partial charge in [0, 0.05) is 24.0 Å². The van der Waals surface area contributed by atoms with Crippen molar-refractivity contribution in [3.05, 3.63) is 39.2 Å². The standard InChI is InChI=1S/C19H23NO4/c1-12-14-7-8-16(23-3)13(2)18(14)24-19(22)15(12)11-17(21)20-9-5-4-6-10-20/h7-8H,4-6,9-11H2,1-3H3. The van der Waals surface area contributed by atoms with E-state index in [1.165, 1.54) is 6.42 Å². The number of piperidine rings is 1. The average molecular weight is 329 g/mol. The Kier molecular flexibility index (Phi) is 4.60. The van der Waals surface area contributed by atoms with Crippen molar-refractivity contribution in [2.75, 3.05) is 20.2 Å². The molecule has 3 rings (SSSR count). The van der Waals surface area contributed by atoms with Crippen molar-refractivity contribution < 1.29 is 13.9 Å². The highest BCUT2D eigenvalue weighted by Gasteiger charge is 2.21. The molecule has 0 atom stereocenters. The van der Waals surface area contributed by atoms with Crippen LogP contribution in [-0.2, 0) is 11.2 Å². The van der Waals surface area contributed by atoms with Gasteiger partial charge in [0.1, 0.15) is 11.3 Å². The third-order valence-electron chi connectivity index (χ3n) is 4.91. The number of carbonyl (C=O) groups excluding carboxylic acids is 1. The van der Waals surface area contributed by atoms with Gasteiger partial charge in [-0.1, -0.05) is 0 Å². The summed E-state index contributed by atoms with van der Waals surface area (Å²) in [5, 5.41) is 0.856. The topological polar surface area (TPSA) is 59.8 Å². The normalized spacial score (nSPS) is 14.9. The fourth-order valence-electron chi connectivity index (χ4n) is 3.40. The van der Waals surface area contributed by atoms with Crippen molar-refractivity contribution in [1.29, 1.82) is 0 Å². The molecule has 1 aromatic heterocycles. The molecule has 0 unspecified atom stereocenters. The predicted octanol–water partition coefficient (Wildman–Crippen LogP) is 2.97. The van der Waals surface area contributed by atoms with Gasteiger partial charge in [-0.25, -0.2) is 4.79 Å². The average Bonchev–Trinajstić information content (AvgIpc) is 2.60. The SMILES string of the molecule is COc1ccc2c(C)c(CC(=O)N3CCCCC3)c(=O)oc2c1C. The van der Waals surface area contributed by atoms with E-state index in [2.05, 4.69) is 0 Å². The Balaban J connectivity index is 1.99. The second-order valence-electron chi connectivity index (χ2n) is 6.38. The summed E-state index contributed by atoms with van der Waals surface area (Å²) < 4.78 is 10.8. The number of rotatable bonds is 3. The molecule has 0 radical (unpaired) electrons. The van der Waals surface area contributed by atoms with Gasteiger partial charge in [0.05, 0.1) is 19.1 Å². The number of methoxy groups -OCH3 is 1. The Morgan fingerprint density at radius 2 is 1.88 bits per heavy atom. The molecule has 0 bridgehead atoms. The van der Waals surface area contributed by atoms with Gasteiger partial charge in [-0.05, 0) is 50.8 Å². The molecule has 1 aromatic carbocycles. The van der Waals surface area contributed by atoms with E-state index in [4.69, 9.17) is 9.15 Å². The molecule has 2 heterocycles. The van der Waals surface area contributed by atoms with Crippen molar-refractivity contribution in [3.63, 3.8) is 0 Å². The number of nitrogens with zero attached hydrogens (tertiary/aromatic N) is 1. The Morgan fingerprint density at radius 1 is 1.17 bits per heavy atom. The van der Waals surface area contributed by atoms with Gasteiger partial charge < -0.3 is 14.1 Å². The van der Waals surface area contributed by atoms with Crippen LogP contribution in [-0.4, -0.2) is 31.0 Å². The maximum absolute atomic E-state index is 12.5. The number of ether oxygens (including phenoxy) is 1. The van der Waals surface area contributed by atoms with E-state index in [9.17, 15) is 9.59 Å².